The number of hydrogen-bond acceptors (Lipinski definition) is 2. The molecule has 2 nitrogen and oxygen atoms in total. The highest BCUT2D eigenvalue weighted by molar-refractivity contribution is 5.08. The van der Waals surface area contributed by atoms with Crippen molar-refractivity contribution in [3.05, 3.63) is 30.1 Å². The van der Waals surface area contributed by atoms with E-state index in [9.17, 15) is 0 Å². The van der Waals surface area contributed by atoms with Gasteiger partial charge in [-0.1, -0.05) is 13.0 Å². The highest BCUT2D eigenvalue weighted by Crippen LogP contribution is 2.04. The van der Waals surface area contributed by atoms with Crippen LogP contribution in [0.2, 0.25) is 0 Å². The fourth-order valence-electron chi connectivity index (χ4n) is 1.00. The number of rotatable bonds is 3. The monoisotopic (exact) mass is 150 g/mol. The van der Waals surface area contributed by atoms with Crippen molar-refractivity contribution in [2.24, 2.45) is 11.7 Å². The zero-order valence-corrected chi connectivity index (χ0v) is 6.83. The SMILES string of the molecule is CC(CN)Cc1cccnc1. The number of nitrogens with zero attached hydrogens (tertiary/aromatic N) is 1. The fraction of sp³-hybridized carbons (Fsp3) is 0.444. The third-order valence-corrected chi connectivity index (χ3v) is 1.71. The summed E-state index contributed by atoms with van der Waals surface area (Å²) in [7, 11) is 0. The summed E-state index contributed by atoms with van der Waals surface area (Å²) in [4.78, 5) is 4.03. The van der Waals surface area contributed by atoms with E-state index < -0.39 is 0 Å². The molecule has 2 N–H and O–H groups in total. The molecule has 1 heterocycles. The van der Waals surface area contributed by atoms with Gasteiger partial charge in [0.1, 0.15) is 0 Å². The molecule has 0 radical (unpaired) electrons. The summed E-state index contributed by atoms with van der Waals surface area (Å²) in [6.07, 6.45) is 4.72. The van der Waals surface area contributed by atoms with Gasteiger partial charge in [0.15, 0.2) is 0 Å². The van der Waals surface area contributed by atoms with E-state index in [0.29, 0.717) is 5.92 Å². The normalized spacial score (nSPS) is 12.9. The van der Waals surface area contributed by atoms with Crippen LogP contribution in [0.3, 0.4) is 0 Å². The lowest BCUT2D eigenvalue weighted by Crippen LogP contribution is -2.13. The first-order valence-corrected chi connectivity index (χ1v) is 3.92. The first-order chi connectivity index (χ1) is 5.33. The smallest absolute Gasteiger partial charge is 0.0299 e. The Kier molecular flexibility index (Phi) is 3.05. The Hall–Kier alpha value is -0.890. The van der Waals surface area contributed by atoms with Gasteiger partial charge < -0.3 is 5.73 Å². The Bertz CT molecular complexity index is 196. The Morgan fingerprint density at radius 2 is 2.45 bits per heavy atom. The van der Waals surface area contributed by atoms with Gasteiger partial charge in [0.05, 0.1) is 0 Å². The van der Waals surface area contributed by atoms with Crippen LogP contribution in [0.4, 0.5) is 0 Å². The lowest BCUT2D eigenvalue weighted by atomic mass is 10.0. The summed E-state index contributed by atoms with van der Waals surface area (Å²) in [6.45, 7) is 2.89. The molecule has 0 saturated heterocycles. The van der Waals surface area contributed by atoms with E-state index in [1.165, 1.54) is 5.56 Å². The topological polar surface area (TPSA) is 38.9 Å². The van der Waals surface area contributed by atoms with Crippen LogP contribution in [0.5, 0.6) is 0 Å². The molecule has 0 bridgehead atoms. The largest absolute Gasteiger partial charge is 0.330 e. The molecular formula is C9H14N2. The maximum Gasteiger partial charge on any atom is 0.0299 e. The highest BCUT2D eigenvalue weighted by atomic mass is 14.6. The number of nitrogens with two attached hydrogens (primary N) is 1. The molecule has 0 aliphatic heterocycles. The molecule has 0 fully saturated rings. The fourth-order valence-corrected chi connectivity index (χ4v) is 1.00. The van der Waals surface area contributed by atoms with Gasteiger partial charge in [-0.15, -0.1) is 0 Å². The predicted molar refractivity (Wildman–Crippen MR) is 46.2 cm³/mol. The molecule has 1 aromatic rings. The van der Waals surface area contributed by atoms with Crippen molar-refractivity contribution in [3.8, 4) is 0 Å². The average molecular weight is 150 g/mol. The maximum absolute atomic E-state index is 5.50. The van der Waals surface area contributed by atoms with Crippen LogP contribution in [0.15, 0.2) is 24.5 Å². The van der Waals surface area contributed by atoms with Crippen molar-refractivity contribution in [2.45, 2.75) is 13.3 Å². The summed E-state index contributed by atoms with van der Waals surface area (Å²) >= 11 is 0. The summed E-state index contributed by atoms with van der Waals surface area (Å²) < 4.78 is 0. The van der Waals surface area contributed by atoms with E-state index in [0.717, 1.165) is 13.0 Å². The van der Waals surface area contributed by atoms with Crippen molar-refractivity contribution in [3.63, 3.8) is 0 Å². The molecule has 1 aromatic heterocycles. The molecule has 1 atom stereocenters. The van der Waals surface area contributed by atoms with E-state index in [1.807, 2.05) is 12.3 Å². The van der Waals surface area contributed by atoms with Crippen LogP contribution in [-0.2, 0) is 6.42 Å². The van der Waals surface area contributed by atoms with Gasteiger partial charge in [-0.2, -0.15) is 0 Å². The quantitative estimate of drug-likeness (QED) is 0.703. The van der Waals surface area contributed by atoms with Gasteiger partial charge in [0.2, 0.25) is 0 Å². The second-order valence-electron chi connectivity index (χ2n) is 2.91. The molecule has 0 aliphatic rings. The van der Waals surface area contributed by atoms with Crippen LogP contribution in [-0.4, -0.2) is 11.5 Å². The number of hydrogen-bond donors (Lipinski definition) is 1. The Morgan fingerprint density at radius 1 is 1.64 bits per heavy atom. The van der Waals surface area contributed by atoms with Crippen LogP contribution in [0.25, 0.3) is 0 Å². The van der Waals surface area contributed by atoms with Gasteiger partial charge in [-0.3, -0.25) is 4.98 Å². The molecule has 0 aromatic carbocycles. The Morgan fingerprint density at radius 3 is 3.00 bits per heavy atom. The van der Waals surface area contributed by atoms with Gasteiger partial charge in [-0.25, -0.2) is 0 Å². The predicted octanol–water partition coefficient (Wildman–Crippen LogP) is 1.22. The summed E-state index contributed by atoms with van der Waals surface area (Å²) in [5, 5.41) is 0. The second kappa shape index (κ2) is 4.09. The zero-order chi connectivity index (χ0) is 8.10. The van der Waals surface area contributed by atoms with Crippen LogP contribution in [0.1, 0.15) is 12.5 Å². The van der Waals surface area contributed by atoms with E-state index in [1.54, 1.807) is 6.20 Å². The Labute approximate surface area is 67.5 Å². The van der Waals surface area contributed by atoms with Gasteiger partial charge in [-0.05, 0) is 30.5 Å². The van der Waals surface area contributed by atoms with Crippen molar-refractivity contribution >= 4 is 0 Å². The van der Waals surface area contributed by atoms with Crippen LogP contribution in [0, 0.1) is 5.92 Å². The molecular weight excluding hydrogens is 136 g/mol. The molecule has 0 amide bonds. The van der Waals surface area contributed by atoms with Gasteiger partial charge >= 0.3 is 0 Å². The summed E-state index contributed by atoms with van der Waals surface area (Å²) in [6, 6.07) is 4.04. The first-order valence-electron chi connectivity index (χ1n) is 3.92. The van der Waals surface area contributed by atoms with Crippen molar-refractivity contribution in [2.75, 3.05) is 6.54 Å². The minimum absolute atomic E-state index is 0.555. The van der Waals surface area contributed by atoms with Crippen molar-refractivity contribution < 1.29 is 0 Å². The lowest BCUT2D eigenvalue weighted by Gasteiger charge is -2.06. The minimum atomic E-state index is 0.555. The summed E-state index contributed by atoms with van der Waals surface area (Å²) in [5.41, 5.74) is 6.77. The molecule has 2 heteroatoms. The third-order valence-electron chi connectivity index (χ3n) is 1.71. The molecule has 1 unspecified atom stereocenters. The molecule has 60 valence electrons. The van der Waals surface area contributed by atoms with Crippen molar-refractivity contribution in [1.29, 1.82) is 0 Å². The van der Waals surface area contributed by atoms with Gasteiger partial charge in [0, 0.05) is 12.4 Å². The van der Waals surface area contributed by atoms with E-state index in [-0.39, 0.29) is 0 Å². The van der Waals surface area contributed by atoms with E-state index in [2.05, 4.69) is 18.0 Å². The van der Waals surface area contributed by atoms with E-state index >= 15 is 0 Å². The second-order valence-corrected chi connectivity index (χ2v) is 2.91. The van der Waals surface area contributed by atoms with Crippen LogP contribution < -0.4 is 5.73 Å². The lowest BCUT2D eigenvalue weighted by molar-refractivity contribution is 0.592. The van der Waals surface area contributed by atoms with Crippen LogP contribution >= 0.6 is 0 Å². The van der Waals surface area contributed by atoms with E-state index in [4.69, 9.17) is 5.73 Å². The average Bonchev–Trinajstić information content (AvgIpc) is 2.06. The van der Waals surface area contributed by atoms with Crippen molar-refractivity contribution in [1.82, 2.24) is 4.98 Å². The molecule has 11 heavy (non-hydrogen) atoms. The first kappa shape index (κ1) is 8.21. The molecule has 1 rings (SSSR count). The highest BCUT2D eigenvalue weighted by Gasteiger charge is 1.99. The Balaban J connectivity index is 2.51. The molecule has 0 aliphatic carbocycles. The standard InChI is InChI=1S/C9H14N2/c1-8(6-10)5-9-3-2-4-11-7-9/h2-4,7-8H,5-6,10H2,1H3. The molecule has 0 saturated carbocycles. The zero-order valence-electron chi connectivity index (χ0n) is 6.83. The number of pyridine rings is 1. The maximum atomic E-state index is 5.50. The minimum Gasteiger partial charge on any atom is -0.330 e. The third kappa shape index (κ3) is 2.68. The molecule has 0 spiro atoms. The number of aromatic nitrogens is 1. The summed E-state index contributed by atoms with van der Waals surface area (Å²) in [5.74, 6) is 0.555. The van der Waals surface area contributed by atoms with Gasteiger partial charge in [0.25, 0.3) is 0 Å².